The van der Waals surface area contributed by atoms with Crippen LogP contribution in [0.4, 0.5) is 0 Å². The number of carbonyl (C=O) groups is 1. The first-order valence-corrected chi connectivity index (χ1v) is 4.59. The Morgan fingerprint density at radius 3 is 3.21 bits per heavy atom. The van der Waals surface area contributed by atoms with E-state index in [2.05, 4.69) is 5.32 Å². The fourth-order valence-electron chi connectivity index (χ4n) is 1.92. The first-order valence-electron chi connectivity index (χ1n) is 4.59. The van der Waals surface area contributed by atoms with E-state index in [4.69, 9.17) is 4.74 Å². The number of nitrogens with one attached hydrogen (secondary N) is 1. The lowest BCUT2D eigenvalue weighted by Gasteiger charge is -2.14. The fourth-order valence-corrected chi connectivity index (χ4v) is 1.92. The molecule has 0 saturated carbocycles. The molecule has 2 heterocycles. The van der Waals surface area contributed by atoms with E-state index in [1.165, 1.54) is 0 Å². The second-order valence-electron chi connectivity index (χ2n) is 3.40. The Morgan fingerprint density at radius 2 is 2.29 bits per heavy atom. The number of hydrogen-bond acceptors (Lipinski definition) is 2. The Balaban J connectivity index is 2.27. The van der Waals surface area contributed by atoms with Crippen LogP contribution >= 0.6 is 0 Å². The van der Waals surface area contributed by atoms with Crippen LogP contribution in [-0.4, -0.2) is 12.5 Å². The second kappa shape index (κ2) is 2.61. The van der Waals surface area contributed by atoms with Crippen molar-refractivity contribution in [2.24, 2.45) is 0 Å². The van der Waals surface area contributed by atoms with Crippen molar-refractivity contribution < 1.29 is 9.53 Å². The van der Waals surface area contributed by atoms with Crippen molar-refractivity contribution in [3.63, 3.8) is 0 Å². The molecule has 2 aliphatic heterocycles. The molecule has 0 atom stereocenters. The van der Waals surface area contributed by atoms with Gasteiger partial charge >= 0.3 is 0 Å². The van der Waals surface area contributed by atoms with Crippen molar-refractivity contribution in [2.45, 2.75) is 6.54 Å². The topological polar surface area (TPSA) is 38.3 Å². The van der Waals surface area contributed by atoms with Crippen LogP contribution in [0.5, 0.6) is 5.75 Å². The van der Waals surface area contributed by atoms with E-state index >= 15 is 0 Å². The van der Waals surface area contributed by atoms with E-state index in [9.17, 15) is 4.79 Å². The minimum Gasteiger partial charge on any atom is -0.489 e. The second-order valence-corrected chi connectivity index (χ2v) is 3.40. The molecule has 0 aromatic heterocycles. The Morgan fingerprint density at radius 1 is 1.36 bits per heavy atom. The van der Waals surface area contributed by atoms with Gasteiger partial charge in [-0.3, -0.25) is 4.79 Å². The van der Waals surface area contributed by atoms with Crippen LogP contribution < -0.4 is 10.1 Å². The highest BCUT2D eigenvalue weighted by molar-refractivity contribution is 5.99. The van der Waals surface area contributed by atoms with Crippen LogP contribution in [0.25, 0.3) is 6.08 Å². The molecular weight excluding hydrogens is 178 g/mol. The summed E-state index contributed by atoms with van der Waals surface area (Å²) < 4.78 is 5.46. The van der Waals surface area contributed by atoms with Gasteiger partial charge in [0.25, 0.3) is 5.91 Å². The quantitative estimate of drug-likeness (QED) is 0.665. The largest absolute Gasteiger partial charge is 0.489 e. The molecular formula is C11H9NO2. The van der Waals surface area contributed by atoms with E-state index < -0.39 is 0 Å². The van der Waals surface area contributed by atoms with Crippen molar-refractivity contribution in [2.75, 3.05) is 6.61 Å². The number of ether oxygens (including phenoxy) is 1. The Kier molecular flexibility index (Phi) is 1.42. The molecule has 0 bridgehead atoms. The summed E-state index contributed by atoms with van der Waals surface area (Å²) in [4.78, 5) is 11.4. The third-order valence-corrected chi connectivity index (χ3v) is 2.61. The monoisotopic (exact) mass is 187 g/mol. The first kappa shape index (κ1) is 7.62. The molecule has 0 aliphatic carbocycles. The maximum atomic E-state index is 11.4. The number of fused-ring (bicyclic) bond motifs is 3. The molecule has 3 heteroatoms. The minimum absolute atomic E-state index is 0.0155. The number of amides is 1. The number of carbonyl (C=O) groups excluding carboxylic acids is 1. The Hall–Kier alpha value is -1.77. The van der Waals surface area contributed by atoms with Crippen molar-refractivity contribution in [1.82, 2.24) is 5.32 Å². The Labute approximate surface area is 81.4 Å². The molecule has 0 unspecified atom stereocenters. The lowest BCUT2D eigenvalue weighted by molar-refractivity contribution is 0.0966. The highest BCUT2D eigenvalue weighted by Gasteiger charge is 2.23. The minimum atomic E-state index is 0.0155. The van der Waals surface area contributed by atoms with E-state index in [0.717, 1.165) is 22.4 Å². The summed E-state index contributed by atoms with van der Waals surface area (Å²) in [7, 11) is 0. The van der Waals surface area contributed by atoms with Gasteiger partial charge in [-0.1, -0.05) is 6.08 Å². The molecule has 0 radical (unpaired) electrons. The molecule has 3 rings (SSSR count). The third kappa shape index (κ3) is 0.894. The maximum Gasteiger partial charge on any atom is 0.251 e. The molecule has 0 spiro atoms. The van der Waals surface area contributed by atoms with Crippen molar-refractivity contribution in [3.05, 3.63) is 34.9 Å². The van der Waals surface area contributed by atoms with E-state index in [1.54, 1.807) is 0 Å². The maximum absolute atomic E-state index is 11.4. The van der Waals surface area contributed by atoms with Gasteiger partial charge in [-0.15, -0.1) is 0 Å². The molecule has 70 valence electrons. The summed E-state index contributed by atoms with van der Waals surface area (Å²) in [5.74, 6) is 0.893. The molecule has 1 aromatic rings. The average Bonchev–Trinajstić information content (AvgIpc) is 2.61. The van der Waals surface area contributed by atoms with Crippen LogP contribution in [-0.2, 0) is 6.54 Å². The van der Waals surface area contributed by atoms with Gasteiger partial charge in [0.15, 0.2) is 0 Å². The van der Waals surface area contributed by atoms with Crippen LogP contribution in [0.3, 0.4) is 0 Å². The molecule has 1 aromatic carbocycles. The van der Waals surface area contributed by atoms with Gasteiger partial charge in [-0.25, -0.2) is 0 Å². The van der Waals surface area contributed by atoms with Gasteiger partial charge in [0, 0.05) is 17.7 Å². The molecule has 2 aliphatic rings. The molecule has 0 saturated heterocycles. The predicted molar refractivity (Wildman–Crippen MR) is 52.1 cm³/mol. The molecule has 1 amide bonds. The fraction of sp³-hybridized carbons (Fsp3) is 0.182. The molecule has 3 nitrogen and oxygen atoms in total. The van der Waals surface area contributed by atoms with Crippen molar-refractivity contribution in [1.29, 1.82) is 0 Å². The Bertz CT molecular complexity index is 449. The van der Waals surface area contributed by atoms with Gasteiger partial charge in [0.05, 0.1) is 0 Å². The standard InChI is InChI=1S/C11H9NO2/c13-11-8-3-4-10-7(2-1-5-14-10)9(8)6-12-11/h1-4H,5-6H2,(H,12,13). The van der Waals surface area contributed by atoms with Gasteiger partial charge in [0.2, 0.25) is 0 Å². The van der Waals surface area contributed by atoms with Crippen molar-refractivity contribution >= 4 is 12.0 Å². The zero-order chi connectivity index (χ0) is 9.54. The summed E-state index contributed by atoms with van der Waals surface area (Å²) in [6, 6.07) is 3.69. The van der Waals surface area contributed by atoms with Crippen LogP contribution in [0.15, 0.2) is 18.2 Å². The summed E-state index contributed by atoms with van der Waals surface area (Å²) in [6.07, 6.45) is 3.99. The molecule has 0 fully saturated rings. The number of rotatable bonds is 0. The van der Waals surface area contributed by atoms with E-state index in [1.807, 2.05) is 24.3 Å². The van der Waals surface area contributed by atoms with Crippen LogP contribution in [0, 0.1) is 0 Å². The lowest BCUT2D eigenvalue weighted by atomic mass is 10.0. The summed E-state index contributed by atoms with van der Waals surface area (Å²) in [5, 5.41) is 2.81. The third-order valence-electron chi connectivity index (χ3n) is 2.61. The predicted octanol–water partition coefficient (Wildman–Crippen LogP) is 1.34. The van der Waals surface area contributed by atoms with Gasteiger partial charge < -0.3 is 10.1 Å². The van der Waals surface area contributed by atoms with Crippen molar-refractivity contribution in [3.8, 4) is 5.75 Å². The number of hydrogen-bond donors (Lipinski definition) is 1. The van der Waals surface area contributed by atoms with E-state index in [0.29, 0.717) is 13.2 Å². The normalized spacial score (nSPS) is 17.0. The van der Waals surface area contributed by atoms with Crippen LogP contribution in [0.1, 0.15) is 21.5 Å². The summed E-state index contributed by atoms with van der Waals surface area (Å²) in [6.45, 7) is 1.23. The highest BCUT2D eigenvalue weighted by atomic mass is 16.5. The SMILES string of the molecule is O=C1NCc2c1ccc1c2C=CCO1. The zero-order valence-corrected chi connectivity index (χ0v) is 7.54. The smallest absolute Gasteiger partial charge is 0.251 e. The summed E-state index contributed by atoms with van der Waals surface area (Å²) >= 11 is 0. The zero-order valence-electron chi connectivity index (χ0n) is 7.54. The van der Waals surface area contributed by atoms with Crippen LogP contribution in [0.2, 0.25) is 0 Å². The number of benzene rings is 1. The molecule has 1 N–H and O–H groups in total. The first-order chi connectivity index (χ1) is 6.86. The summed E-state index contributed by atoms with van der Waals surface area (Å²) in [5.41, 5.74) is 2.88. The van der Waals surface area contributed by atoms with Gasteiger partial charge in [-0.2, -0.15) is 0 Å². The highest BCUT2D eigenvalue weighted by Crippen LogP contribution is 2.31. The van der Waals surface area contributed by atoms with Gasteiger partial charge in [-0.05, 0) is 23.8 Å². The average molecular weight is 187 g/mol. The lowest BCUT2D eigenvalue weighted by Crippen LogP contribution is -2.12. The molecule has 14 heavy (non-hydrogen) atoms. The van der Waals surface area contributed by atoms with E-state index in [-0.39, 0.29) is 5.91 Å². The van der Waals surface area contributed by atoms with Gasteiger partial charge in [0.1, 0.15) is 12.4 Å².